The summed E-state index contributed by atoms with van der Waals surface area (Å²) in [4.78, 5) is 0. The number of aromatic nitrogens is 2. The molecule has 1 saturated carbocycles. The predicted octanol–water partition coefficient (Wildman–Crippen LogP) is 2.55. The second-order valence-electron chi connectivity index (χ2n) is 5.05. The van der Waals surface area contributed by atoms with Crippen molar-refractivity contribution in [3.8, 4) is 5.75 Å². The van der Waals surface area contributed by atoms with Gasteiger partial charge in [0.1, 0.15) is 0 Å². The number of aryl methyl sites for hydroxylation is 1. The zero-order valence-electron chi connectivity index (χ0n) is 11.8. The first kappa shape index (κ1) is 13.4. The van der Waals surface area contributed by atoms with Gasteiger partial charge in [0.2, 0.25) is 0 Å². The van der Waals surface area contributed by atoms with Gasteiger partial charge in [0.25, 0.3) is 0 Å². The molecule has 1 aromatic heterocycles. The molecule has 2 unspecified atom stereocenters. The fourth-order valence-corrected chi connectivity index (χ4v) is 3.14. The number of likely N-dealkylation sites (N-methyl/N-ethyl adjacent to an activating group) is 1. The van der Waals surface area contributed by atoms with Crippen LogP contribution in [0.4, 0.5) is 0 Å². The van der Waals surface area contributed by atoms with Crippen LogP contribution in [0.1, 0.15) is 50.6 Å². The maximum Gasteiger partial charge on any atom is 0.160 e. The molecule has 1 heterocycles. The van der Waals surface area contributed by atoms with Crippen molar-refractivity contribution in [3.63, 3.8) is 0 Å². The minimum absolute atomic E-state index is 0.523. The van der Waals surface area contributed by atoms with E-state index in [1.54, 1.807) is 7.11 Å². The summed E-state index contributed by atoms with van der Waals surface area (Å²) in [5.41, 5.74) is 1.28. The highest BCUT2D eigenvalue weighted by atomic mass is 16.5. The van der Waals surface area contributed by atoms with E-state index < -0.39 is 0 Å². The Morgan fingerprint density at radius 2 is 2.17 bits per heavy atom. The van der Waals surface area contributed by atoms with Gasteiger partial charge in [0.05, 0.1) is 19.0 Å². The zero-order valence-corrected chi connectivity index (χ0v) is 11.8. The Bertz CT molecular complexity index is 354. The molecule has 1 aliphatic rings. The standard InChI is InChI=1S/C14H25N3O/c1-4-17-14(13(18-3)10-16-17)11-8-6-5-7-9-12(11)15-2/h10-12,15H,4-9H2,1-3H3. The third kappa shape index (κ3) is 2.53. The van der Waals surface area contributed by atoms with Crippen LogP contribution in [0.25, 0.3) is 0 Å². The van der Waals surface area contributed by atoms with Crippen LogP contribution in [0, 0.1) is 0 Å². The monoisotopic (exact) mass is 251 g/mol. The van der Waals surface area contributed by atoms with Crippen LogP contribution < -0.4 is 10.1 Å². The highest BCUT2D eigenvalue weighted by Crippen LogP contribution is 2.36. The van der Waals surface area contributed by atoms with Gasteiger partial charge in [-0.05, 0) is 26.8 Å². The van der Waals surface area contributed by atoms with Gasteiger partial charge in [-0.2, -0.15) is 5.10 Å². The largest absolute Gasteiger partial charge is 0.493 e. The van der Waals surface area contributed by atoms with Crippen molar-refractivity contribution in [1.82, 2.24) is 15.1 Å². The summed E-state index contributed by atoms with van der Waals surface area (Å²) in [7, 11) is 3.81. The Morgan fingerprint density at radius 1 is 1.39 bits per heavy atom. The summed E-state index contributed by atoms with van der Waals surface area (Å²) in [6, 6.07) is 0.545. The molecule has 0 aromatic carbocycles. The van der Waals surface area contributed by atoms with E-state index in [4.69, 9.17) is 4.74 Å². The van der Waals surface area contributed by atoms with Gasteiger partial charge >= 0.3 is 0 Å². The summed E-state index contributed by atoms with van der Waals surface area (Å²) >= 11 is 0. The van der Waals surface area contributed by atoms with E-state index in [1.807, 2.05) is 6.20 Å². The molecule has 4 heteroatoms. The smallest absolute Gasteiger partial charge is 0.160 e. The normalized spacial score (nSPS) is 24.8. The average Bonchev–Trinajstić information content (AvgIpc) is 2.67. The van der Waals surface area contributed by atoms with E-state index in [0.717, 1.165) is 12.3 Å². The predicted molar refractivity (Wildman–Crippen MR) is 73.1 cm³/mol. The molecule has 102 valence electrons. The minimum Gasteiger partial charge on any atom is -0.493 e. The van der Waals surface area contributed by atoms with Gasteiger partial charge in [-0.3, -0.25) is 4.68 Å². The Labute approximate surface area is 110 Å². The van der Waals surface area contributed by atoms with Crippen LogP contribution in [0.5, 0.6) is 5.75 Å². The molecule has 4 nitrogen and oxygen atoms in total. The van der Waals surface area contributed by atoms with Crippen molar-refractivity contribution < 1.29 is 4.74 Å². The number of rotatable bonds is 4. The summed E-state index contributed by atoms with van der Waals surface area (Å²) in [6.07, 6.45) is 8.31. The number of hydrogen-bond donors (Lipinski definition) is 1. The molecular weight excluding hydrogens is 226 g/mol. The van der Waals surface area contributed by atoms with Crippen molar-refractivity contribution in [2.75, 3.05) is 14.2 Å². The quantitative estimate of drug-likeness (QED) is 0.836. The molecule has 1 fully saturated rings. The van der Waals surface area contributed by atoms with Crippen LogP contribution in [-0.4, -0.2) is 30.0 Å². The molecule has 18 heavy (non-hydrogen) atoms. The first-order valence-corrected chi connectivity index (χ1v) is 7.08. The van der Waals surface area contributed by atoms with E-state index in [0.29, 0.717) is 12.0 Å². The molecule has 0 saturated heterocycles. The molecule has 1 aromatic rings. The van der Waals surface area contributed by atoms with Crippen LogP contribution in [0.3, 0.4) is 0 Å². The first-order chi connectivity index (χ1) is 8.81. The molecule has 0 radical (unpaired) electrons. The van der Waals surface area contributed by atoms with Gasteiger partial charge in [0.15, 0.2) is 5.75 Å². The number of hydrogen-bond acceptors (Lipinski definition) is 3. The summed E-state index contributed by atoms with van der Waals surface area (Å²) in [6.45, 7) is 3.05. The summed E-state index contributed by atoms with van der Waals surface area (Å²) in [5.74, 6) is 1.47. The second-order valence-corrected chi connectivity index (χ2v) is 5.05. The molecular formula is C14H25N3O. The Kier molecular flexibility index (Phi) is 4.64. The van der Waals surface area contributed by atoms with E-state index in [9.17, 15) is 0 Å². The van der Waals surface area contributed by atoms with Crippen molar-refractivity contribution in [1.29, 1.82) is 0 Å². The van der Waals surface area contributed by atoms with Gasteiger partial charge in [0, 0.05) is 18.5 Å². The third-order valence-corrected chi connectivity index (χ3v) is 4.10. The number of nitrogens with zero attached hydrogens (tertiary/aromatic N) is 2. The highest BCUT2D eigenvalue weighted by molar-refractivity contribution is 5.30. The van der Waals surface area contributed by atoms with Gasteiger partial charge in [-0.1, -0.05) is 19.3 Å². The van der Waals surface area contributed by atoms with Gasteiger partial charge < -0.3 is 10.1 Å². The third-order valence-electron chi connectivity index (χ3n) is 4.10. The fraction of sp³-hybridized carbons (Fsp3) is 0.786. The van der Waals surface area contributed by atoms with Crippen molar-refractivity contribution in [3.05, 3.63) is 11.9 Å². The number of nitrogens with one attached hydrogen (secondary N) is 1. The summed E-state index contributed by atoms with van der Waals surface area (Å²) < 4.78 is 7.60. The Morgan fingerprint density at radius 3 is 2.83 bits per heavy atom. The molecule has 0 amide bonds. The lowest BCUT2D eigenvalue weighted by molar-refractivity contribution is 0.372. The van der Waals surface area contributed by atoms with Crippen molar-refractivity contribution in [2.24, 2.45) is 0 Å². The first-order valence-electron chi connectivity index (χ1n) is 7.08. The minimum atomic E-state index is 0.523. The van der Waals surface area contributed by atoms with E-state index in [1.165, 1.54) is 37.8 Å². The molecule has 2 rings (SSSR count). The molecule has 0 bridgehead atoms. The lowest BCUT2D eigenvalue weighted by Crippen LogP contribution is -2.32. The molecule has 2 atom stereocenters. The molecule has 1 N–H and O–H groups in total. The number of methoxy groups -OCH3 is 1. The van der Waals surface area contributed by atoms with Crippen molar-refractivity contribution in [2.45, 2.75) is 57.5 Å². The van der Waals surface area contributed by atoms with Crippen LogP contribution >= 0.6 is 0 Å². The Balaban J connectivity index is 2.33. The second kappa shape index (κ2) is 6.23. The van der Waals surface area contributed by atoms with E-state index in [-0.39, 0.29) is 0 Å². The van der Waals surface area contributed by atoms with E-state index >= 15 is 0 Å². The van der Waals surface area contributed by atoms with Crippen LogP contribution in [-0.2, 0) is 6.54 Å². The van der Waals surface area contributed by atoms with E-state index in [2.05, 4.69) is 29.1 Å². The molecule has 0 spiro atoms. The lowest BCUT2D eigenvalue weighted by atomic mass is 9.91. The average molecular weight is 251 g/mol. The lowest BCUT2D eigenvalue weighted by Gasteiger charge is -2.26. The topological polar surface area (TPSA) is 39.1 Å². The highest BCUT2D eigenvalue weighted by Gasteiger charge is 2.29. The summed E-state index contributed by atoms with van der Waals surface area (Å²) in [5, 5.41) is 7.93. The van der Waals surface area contributed by atoms with Gasteiger partial charge in [-0.25, -0.2) is 0 Å². The maximum absolute atomic E-state index is 5.50. The Hall–Kier alpha value is -1.03. The SMILES string of the molecule is CCn1ncc(OC)c1C1CCCCCC1NC. The van der Waals surface area contributed by atoms with Gasteiger partial charge in [-0.15, -0.1) is 0 Å². The molecule has 0 aliphatic heterocycles. The molecule has 1 aliphatic carbocycles. The van der Waals surface area contributed by atoms with Crippen LogP contribution in [0.2, 0.25) is 0 Å². The van der Waals surface area contributed by atoms with Crippen molar-refractivity contribution >= 4 is 0 Å². The fourth-order valence-electron chi connectivity index (χ4n) is 3.14. The number of ether oxygens (including phenoxy) is 1. The maximum atomic E-state index is 5.50. The zero-order chi connectivity index (χ0) is 13.0. The van der Waals surface area contributed by atoms with Crippen LogP contribution in [0.15, 0.2) is 6.20 Å².